The first kappa shape index (κ1) is 19.7. The van der Waals surface area contributed by atoms with Gasteiger partial charge >= 0.3 is 5.97 Å². The predicted molar refractivity (Wildman–Crippen MR) is 97.2 cm³/mol. The van der Waals surface area contributed by atoms with E-state index < -0.39 is 24.0 Å². The number of hydrogen-bond donors (Lipinski definition) is 2. The number of nitrogens with zero attached hydrogens (tertiary/aromatic N) is 1. The molecule has 2 aliphatic heterocycles. The van der Waals surface area contributed by atoms with Crippen molar-refractivity contribution in [1.82, 2.24) is 10.2 Å². The lowest BCUT2D eigenvalue weighted by atomic mass is 10.1. The highest BCUT2D eigenvalue weighted by Gasteiger charge is 2.36. The van der Waals surface area contributed by atoms with Crippen LogP contribution in [0.15, 0.2) is 30.9 Å². The molecule has 2 heterocycles. The molecule has 0 saturated carbocycles. The van der Waals surface area contributed by atoms with E-state index >= 15 is 0 Å². The Balaban J connectivity index is 1.67. The first-order chi connectivity index (χ1) is 13.5. The fourth-order valence-corrected chi connectivity index (χ4v) is 3.19. The highest BCUT2D eigenvalue weighted by molar-refractivity contribution is 5.99. The third-order valence-electron chi connectivity index (χ3n) is 4.57. The number of carboxylic acids is 1. The monoisotopic (exact) mass is 390 g/mol. The maximum atomic E-state index is 12.9. The molecule has 2 unspecified atom stereocenters. The summed E-state index contributed by atoms with van der Waals surface area (Å²) in [5.41, 5.74) is 0.382. The van der Waals surface area contributed by atoms with Crippen LogP contribution >= 0.6 is 0 Å². The van der Waals surface area contributed by atoms with Crippen LogP contribution in [0.2, 0.25) is 0 Å². The summed E-state index contributed by atoms with van der Waals surface area (Å²) in [6.45, 7) is 4.00. The standard InChI is InChI=1S/C19H22N2O7/c1-2-8-26-10-13(19(24)25)20-17(22)14-4-3-7-21(14)18(23)12-5-6-15-16(9-12)28-11-27-15/h2,5-6,9,13-14H,1,3-4,7-8,10-11H2,(H,20,22)(H,24,25). The molecule has 150 valence electrons. The number of carbonyl (C=O) groups excluding carboxylic acids is 2. The number of fused-ring (bicyclic) bond motifs is 1. The lowest BCUT2D eigenvalue weighted by Crippen LogP contribution is -2.52. The van der Waals surface area contributed by atoms with Gasteiger partial charge in [-0.1, -0.05) is 6.08 Å². The normalized spacial score (nSPS) is 18.6. The summed E-state index contributed by atoms with van der Waals surface area (Å²) in [5, 5.41) is 11.7. The molecule has 9 heteroatoms. The van der Waals surface area contributed by atoms with Crippen molar-refractivity contribution in [2.24, 2.45) is 0 Å². The molecule has 2 amide bonds. The van der Waals surface area contributed by atoms with E-state index in [1.54, 1.807) is 18.2 Å². The second kappa shape index (κ2) is 8.75. The van der Waals surface area contributed by atoms with Crippen LogP contribution in [0, 0.1) is 0 Å². The van der Waals surface area contributed by atoms with Gasteiger partial charge in [-0.3, -0.25) is 9.59 Å². The summed E-state index contributed by atoms with van der Waals surface area (Å²) in [7, 11) is 0. The number of rotatable bonds is 8. The van der Waals surface area contributed by atoms with E-state index in [1.807, 2.05) is 0 Å². The van der Waals surface area contributed by atoms with Crippen molar-refractivity contribution in [3.05, 3.63) is 36.4 Å². The molecule has 0 radical (unpaired) electrons. The number of carbonyl (C=O) groups is 3. The minimum Gasteiger partial charge on any atom is -0.480 e. The van der Waals surface area contributed by atoms with Crippen molar-refractivity contribution in [3.8, 4) is 11.5 Å². The van der Waals surface area contributed by atoms with Crippen molar-refractivity contribution in [2.45, 2.75) is 24.9 Å². The van der Waals surface area contributed by atoms with Crippen molar-refractivity contribution in [2.75, 3.05) is 26.6 Å². The van der Waals surface area contributed by atoms with Gasteiger partial charge in [-0.05, 0) is 31.0 Å². The Bertz CT molecular complexity index is 780. The van der Waals surface area contributed by atoms with E-state index in [0.717, 1.165) is 0 Å². The summed E-state index contributed by atoms with van der Waals surface area (Å²) >= 11 is 0. The quantitative estimate of drug-likeness (QED) is 0.498. The van der Waals surface area contributed by atoms with Crippen LogP contribution in [-0.4, -0.2) is 66.4 Å². The lowest BCUT2D eigenvalue weighted by molar-refractivity contribution is -0.144. The zero-order chi connectivity index (χ0) is 20.1. The van der Waals surface area contributed by atoms with E-state index in [1.165, 1.54) is 11.0 Å². The first-order valence-electron chi connectivity index (χ1n) is 8.93. The van der Waals surface area contributed by atoms with E-state index in [4.69, 9.17) is 14.2 Å². The Labute approximate surface area is 161 Å². The van der Waals surface area contributed by atoms with Crippen LogP contribution < -0.4 is 14.8 Å². The number of aliphatic carboxylic acids is 1. The molecule has 1 saturated heterocycles. The van der Waals surface area contributed by atoms with Crippen LogP contribution in [0.25, 0.3) is 0 Å². The lowest BCUT2D eigenvalue weighted by Gasteiger charge is -2.25. The summed E-state index contributed by atoms with van der Waals surface area (Å²) in [6.07, 6.45) is 2.60. The zero-order valence-corrected chi connectivity index (χ0v) is 15.3. The van der Waals surface area contributed by atoms with Crippen LogP contribution in [0.3, 0.4) is 0 Å². The van der Waals surface area contributed by atoms with Crippen molar-refractivity contribution >= 4 is 17.8 Å². The summed E-state index contributed by atoms with van der Waals surface area (Å²) in [4.78, 5) is 38.3. The first-order valence-corrected chi connectivity index (χ1v) is 8.93. The minimum absolute atomic E-state index is 0.103. The number of amides is 2. The summed E-state index contributed by atoms with van der Waals surface area (Å²) < 4.78 is 15.7. The fraction of sp³-hybridized carbons (Fsp3) is 0.421. The molecule has 2 aliphatic rings. The molecule has 0 bridgehead atoms. The number of nitrogens with one attached hydrogen (secondary N) is 1. The summed E-state index contributed by atoms with van der Waals surface area (Å²) in [6, 6.07) is 2.92. The van der Waals surface area contributed by atoms with E-state index in [0.29, 0.717) is 36.4 Å². The highest BCUT2D eigenvalue weighted by atomic mass is 16.7. The number of likely N-dealkylation sites (tertiary alicyclic amines) is 1. The van der Waals surface area contributed by atoms with Crippen LogP contribution in [-0.2, 0) is 14.3 Å². The van der Waals surface area contributed by atoms with Gasteiger partial charge in [0, 0.05) is 12.1 Å². The molecule has 1 aromatic carbocycles. The number of carboxylic acid groups (broad SMARTS) is 1. The molecule has 28 heavy (non-hydrogen) atoms. The van der Waals surface area contributed by atoms with Gasteiger partial charge in [-0.2, -0.15) is 0 Å². The highest BCUT2D eigenvalue weighted by Crippen LogP contribution is 2.33. The van der Waals surface area contributed by atoms with Crippen molar-refractivity contribution in [3.63, 3.8) is 0 Å². The average molecular weight is 390 g/mol. The molecule has 2 N–H and O–H groups in total. The minimum atomic E-state index is -1.20. The Morgan fingerprint density at radius 1 is 1.36 bits per heavy atom. The molecule has 0 aliphatic carbocycles. The van der Waals surface area contributed by atoms with Crippen molar-refractivity contribution < 1.29 is 33.7 Å². The molecule has 9 nitrogen and oxygen atoms in total. The number of benzene rings is 1. The van der Waals surface area contributed by atoms with Gasteiger partial charge in [0.2, 0.25) is 12.7 Å². The number of hydrogen-bond acceptors (Lipinski definition) is 6. The SMILES string of the molecule is C=CCOCC(NC(=O)C1CCCN1C(=O)c1ccc2c(c1)OCO2)C(=O)O. The third kappa shape index (κ3) is 4.25. The van der Waals surface area contributed by atoms with Gasteiger partial charge < -0.3 is 29.5 Å². The second-order valence-corrected chi connectivity index (χ2v) is 6.45. The Kier molecular flexibility index (Phi) is 6.15. The molecule has 0 spiro atoms. The fourth-order valence-electron chi connectivity index (χ4n) is 3.19. The molecular weight excluding hydrogens is 368 g/mol. The van der Waals surface area contributed by atoms with Crippen LogP contribution in [0.5, 0.6) is 11.5 Å². The Hall–Kier alpha value is -3.07. The molecule has 1 aromatic rings. The van der Waals surface area contributed by atoms with E-state index in [9.17, 15) is 19.5 Å². The van der Waals surface area contributed by atoms with E-state index in [-0.39, 0.29) is 25.9 Å². The molecule has 0 aromatic heterocycles. The molecular formula is C19H22N2O7. The van der Waals surface area contributed by atoms with E-state index in [2.05, 4.69) is 11.9 Å². The van der Waals surface area contributed by atoms with Gasteiger partial charge in [0.1, 0.15) is 6.04 Å². The van der Waals surface area contributed by atoms with Gasteiger partial charge in [-0.15, -0.1) is 6.58 Å². The molecule has 3 rings (SSSR count). The van der Waals surface area contributed by atoms with Gasteiger partial charge in [0.25, 0.3) is 5.91 Å². The molecule has 2 atom stereocenters. The zero-order valence-electron chi connectivity index (χ0n) is 15.3. The van der Waals surface area contributed by atoms with Crippen molar-refractivity contribution in [1.29, 1.82) is 0 Å². The second-order valence-electron chi connectivity index (χ2n) is 6.45. The van der Waals surface area contributed by atoms with Gasteiger partial charge in [0.05, 0.1) is 13.2 Å². The smallest absolute Gasteiger partial charge is 0.328 e. The van der Waals surface area contributed by atoms with Gasteiger partial charge in [-0.25, -0.2) is 4.79 Å². The maximum Gasteiger partial charge on any atom is 0.328 e. The third-order valence-corrected chi connectivity index (χ3v) is 4.57. The molecule has 1 fully saturated rings. The topological polar surface area (TPSA) is 114 Å². The maximum absolute atomic E-state index is 12.9. The predicted octanol–water partition coefficient (Wildman–Crippen LogP) is 0.792. The largest absolute Gasteiger partial charge is 0.480 e. The van der Waals surface area contributed by atoms with Gasteiger partial charge in [0.15, 0.2) is 17.5 Å². The Morgan fingerprint density at radius 2 is 2.14 bits per heavy atom. The summed E-state index contributed by atoms with van der Waals surface area (Å²) in [5.74, 6) is -0.983. The average Bonchev–Trinajstić information content (AvgIpc) is 3.35. The van der Waals surface area contributed by atoms with Crippen LogP contribution in [0.4, 0.5) is 0 Å². The number of ether oxygens (including phenoxy) is 3. The Morgan fingerprint density at radius 3 is 2.89 bits per heavy atom. The van der Waals surface area contributed by atoms with Crippen LogP contribution in [0.1, 0.15) is 23.2 Å².